The summed E-state index contributed by atoms with van der Waals surface area (Å²) < 4.78 is 0. The summed E-state index contributed by atoms with van der Waals surface area (Å²) in [6, 6.07) is 8.49. The Morgan fingerprint density at radius 3 is 2.12 bits per heavy atom. The molecule has 0 aromatic heterocycles. The van der Waals surface area contributed by atoms with E-state index in [1.807, 2.05) is 19.9 Å². The zero-order valence-electron chi connectivity index (χ0n) is 9.86. The number of nitrogens with one attached hydrogen (secondary N) is 1. The van der Waals surface area contributed by atoms with Crippen LogP contribution in [0.2, 0.25) is 0 Å². The smallest absolute Gasteiger partial charge is 0.251 e. The second kappa shape index (κ2) is 5.45. The molecule has 0 aliphatic rings. The van der Waals surface area contributed by atoms with Crippen molar-refractivity contribution >= 4 is 11.7 Å². The number of Topliss-reactive ketones (excluding diaryl/α,β-unsaturated/α-hetero) is 1. The lowest BCUT2D eigenvalue weighted by Gasteiger charge is -2.19. The molecule has 0 saturated carbocycles. The Morgan fingerprint density at radius 2 is 1.69 bits per heavy atom. The summed E-state index contributed by atoms with van der Waals surface area (Å²) in [6.45, 7) is 5.32. The molecule has 1 amide bonds. The van der Waals surface area contributed by atoms with Gasteiger partial charge in [0.2, 0.25) is 0 Å². The molecule has 0 saturated heterocycles. The van der Waals surface area contributed by atoms with Crippen molar-refractivity contribution in [1.29, 1.82) is 0 Å². The van der Waals surface area contributed by atoms with Gasteiger partial charge in [0.1, 0.15) is 0 Å². The topological polar surface area (TPSA) is 46.2 Å². The number of carbonyl (C=O) groups excluding carboxylic acids is 2. The van der Waals surface area contributed by atoms with Gasteiger partial charge in [-0.1, -0.05) is 32.0 Å². The summed E-state index contributed by atoms with van der Waals surface area (Å²) in [5, 5.41) is 2.74. The third-order valence-electron chi connectivity index (χ3n) is 2.43. The Morgan fingerprint density at radius 1 is 1.12 bits per heavy atom. The molecule has 0 unspecified atom stereocenters. The average molecular weight is 219 g/mol. The van der Waals surface area contributed by atoms with Crippen molar-refractivity contribution in [2.45, 2.75) is 26.8 Å². The molecule has 86 valence electrons. The summed E-state index contributed by atoms with van der Waals surface area (Å²) in [6.07, 6.45) is 0. The predicted octanol–water partition coefficient (Wildman–Crippen LogP) is 2.03. The molecule has 1 aromatic carbocycles. The van der Waals surface area contributed by atoms with Crippen molar-refractivity contribution in [2.75, 3.05) is 0 Å². The van der Waals surface area contributed by atoms with Gasteiger partial charge in [-0.25, -0.2) is 0 Å². The van der Waals surface area contributed by atoms with Crippen LogP contribution in [0.4, 0.5) is 0 Å². The van der Waals surface area contributed by atoms with Gasteiger partial charge in [0, 0.05) is 5.56 Å². The Balaban J connectivity index is 2.74. The van der Waals surface area contributed by atoms with Crippen molar-refractivity contribution in [3.05, 3.63) is 35.9 Å². The first kappa shape index (κ1) is 12.4. The first-order valence-electron chi connectivity index (χ1n) is 5.38. The van der Waals surface area contributed by atoms with E-state index in [2.05, 4.69) is 5.32 Å². The fraction of sp³-hybridized carbons (Fsp3) is 0.385. The largest absolute Gasteiger partial charge is 0.342 e. The lowest BCUT2D eigenvalue weighted by molar-refractivity contribution is -0.119. The summed E-state index contributed by atoms with van der Waals surface area (Å²) >= 11 is 0. The lowest BCUT2D eigenvalue weighted by Crippen LogP contribution is -2.43. The Hall–Kier alpha value is -1.64. The first-order valence-corrected chi connectivity index (χ1v) is 5.38. The van der Waals surface area contributed by atoms with E-state index < -0.39 is 6.04 Å². The minimum atomic E-state index is -0.410. The van der Waals surface area contributed by atoms with Crippen LogP contribution >= 0.6 is 0 Å². The van der Waals surface area contributed by atoms with E-state index in [9.17, 15) is 9.59 Å². The Labute approximate surface area is 95.9 Å². The molecule has 0 aliphatic heterocycles. The van der Waals surface area contributed by atoms with E-state index in [4.69, 9.17) is 0 Å². The third-order valence-corrected chi connectivity index (χ3v) is 2.43. The van der Waals surface area contributed by atoms with Crippen molar-refractivity contribution in [3.8, 4) is 0 Å². The quantitative estimate of drug-likeness (QED) is 0.842. The summed E-state index contributed by atoms with van der Waals surface area (Å²) in [5.41, 5.74) is 0.578. The number of ketones is 1. The number of hydrogen-bond acceptors (Lipinski definition) is 2. The number of amides is 1. The van der Waals surface area contributed by atoms with Gasteiger partial charge >= 0.3 is 0 Å². The summed E-state index contributed by atoms with van der Waals surface area (Å²) in [7, 11) is 0. The highest BCUT2D eigenvalue weighted by Crippen LogP contribution is 2.05. The average Bonchev–Trinajstić information content (AvgIpc) is 2.25. The molecule has 3 nitrogen and oxygen atoms in total. The van der Waals surface area contributed by atoms with Gasteiger partial charge in [0.25, 0.3) is 5.91 Å². The molecule has 16 heavy (non-hydrogen) atoms. The van der Waals surface area contributed by atoms with E-state index in [-0.39, 0.29) is 17.6 Å². The Bertz CT molecular complexity index is 371. The molecular weight excluding hydrogens is 202 g/mol. The summed E-state index contributed by atoms with van der Waals surface area (Å²) in [4.78, 5) is 23.1. The number of benzene rings is 1. The van der Waals surface area contributed by atoms with Gasteiger partial charge in [-0.3, -0.25) is 9.59 Å². The number of rotatable bonds is 4. The molecule has 1 aromatic rings. The second-order valence-electron chi connectivity index (χ2n) is 4.17. The molecule has 1 rings (SSSR count). The maximum absolute atomic E-state index is 11.8. The standard InChI is InChI=1S/C13H17NO2/c1-9(2)12(10(3)15)14-13(16)11-7-5-4-6-8-11/h4-9,12H,1-3H3,(H,14,16)/t12-/m1/s1. The predicted molar refractivity (Wildman–Crippen MR) is 63.2 cm³/mol. The zero-order chi connectivity index (χ0) is 12.1. The zero-order valence-corrected chi connectivity index (χ0v) is 9.86. The third kappa shape index (κ3) is 3.19. The molecule has 0 fully saturated rings. The van der Waals surface area contributed by atoms with Crippen LogP contribution in [-0.2, 0) is 4.79 Å². The molecule has 1 atom stereocenters. The highest BCUT2D eigenvalue weighted by Gasteiger charge is 2.20. The normalized spacial score (nSPS) is 12.2. The molecule has 1 N–H and O–H groups in total. The first-order chi connectivity index (χ1) is 7.52. The van der Waals surface area contributed by atoms with Crippen molar-refractivity contribution in [1.82, 2.24) is 5.32 Å². The van der Waals surface area contributed by atoms with E-state index in [0.29, 0.717) is 5.56 Å². The van der Waals surface area contributed by atoms with Gasteiger partial charge < -0.3 is 5.32 Å². The molecule has 0 aliphatic carbocycles. The van der Waals surface area contributed by atoms with Gasteiger partial charge in [-0.2, -0.15) is 0 Å². The van der Waals surface area contributed by atoms with Crippen LogP contribution < -0.4 is 5.32 Å². The van der Waals surface area contributed by atoms with Crippen LogP contribution in [0.3, 0.4) is 0 Å². The maximum Gasteiger partial charge on any atom is 0.251 e. The monoisotopic (exact) mass is 219 g/mol. The van der Waals surface area contributed by atoms with Crippen LogP contribution in [0.5, 0.6) is 0 Å². The fourth-order valence-corrected chi connectivity index (χ4v) is 1.55. The van der Waals surface area contributed by atoms with E-state index in [0.717, 1.165) is 0 Å². The van der Waals surface area contributed by atoms with Crippen molar-refractivity contribution in [3.63, 3.8) is 0 Å². The highest BCUT2D eigenvalue weighted by atomic mass is 16.2. The van der Waals surface area contributed by atoms with Gasteiger partial charge in [-0.05, 0) is 25.0 Å². The summed E-state index contributed by atoms with van der Waals surface area (Å²) in [5.74, 6) is -0.112. The van der Waals surface area contributed by atoms with Crippen molar-refractivity contribution < 1.29 is 9.59 Å². The molecular formula is C13H17NO2. The highest BCUT2D eigenvalue weighted by molar-refractivity contribution is 5.97. The molecule has 0 radical (unpaired) electrons. The number of hydrogen-bond donors (Lipinski definition) is 1. The lowest BCUT2D eigenvalue weighted by atomic mass is 10.0. The van der Waals surface area contributed by atoms with Crippen LogP contribution in [0.1, 0.15) is 31.1 Å². The van der Waals surface area contributed by atoms with Crippen LogP contribution in [0.25, 0.3) is 0 Å². The minimum Gasteiger partial charge on any atom is -0.342 e. The number of carbonyl (C=O) groups is 2. The fourth-order valence-electron chi connectivity index (χ4n) is 1.55. The van der Waals surface area contributed by atoms with Crippen LogP contribution in [-0.4, -0.2) is 17.7 Å². The molecule has 0 heterocycles. The van der Waals surface area contributed by atoms with E-state index >= 15 is 0 Å². The molecule has 0 spiro atoms. The molecule has 0 bridgehead atoms. The minimum absolute atomic E-state index is 0.0146. The van der Waals surface area contributed by atoms with E-state index in [1.165, 1.54) is 6.92 Å². The van der Waals surface area contributed by atoms with E-state index in [1.54, 1.807) is 24.3 Å². The van der Waals surface area contributed by atoms with Crippen LogP contribution in [0.15, 0.2) is 30.3 Å². The maximum atomic E-state index is 11.8. The van der Waals surface area contributed by atoms with Crippen LogP contribution in [0, 0.1) is 5.92 Å². The second-order valence-corrected chi connectivity index (χ2v) is 4.17. The SMILES string of the molecule is CC(=O)[C@H](NC(=O)c1ccccc1)C(C)C. The van der Waals surface area contributed by atoms with Crippen molar-refractivity contribution in [2.24, 2.45) is 5.92 Å². The van der Waals surface area contributed by atoms with Gasteiger partial charge in [0.15, 0.2) is 5.78 Å². The van der Waals surface area contributed by atoms with Gasteiger partial charge in [0.05, 0.1) is 6.04 Å². The van der Waals surface area contributed by atoms with Gasteiger partial charge in [-0.15, -0.1) is 0 Å². The molecule has 3 heteroatoms. The Kier molecular flexibility index (Phi) is 4.23.